The highest BCUT2D eigenvalue weighted by atomic mass is 16.5. The molecule has 1 amide bonds. The van der Waals surface area contributed by atoms with Gasteiger partial charge in [-0.1, -0.05) is 0 Å². The first kappa shape index (κ1) is 11.1. The van der Waals surface area contributed by atoms with E-state index in [9.17, 15) is 4.79 Å². The smallest absolute Gasteiger partial charge is 0.336 e. The van der Waals surface area contributed by atoms with E-state index in [0.717, 1.165) is 0 Å². The van der Waals surface area contributed by atoms with Gasteiger partial charge in [-0.05, 0) is 6.92 Å². The normalized spacial score (nSPS) is 10.3. The number of oxazole rings is 1. The lowest BCUT2D eigenvalue weighted by Gasteiger charge is -1.97. The summed E-state index contributed by atoms with van der Waals surface area (Å²) >= 11 is 0. The second-order valence-corrected chi connectivity index (χ2v) is 3.27. The molecule has 0 unspecified atom stereocenters. The summed E-state index contributed by atoms with van der Waals surface area (Å²) in [5, 5.41) is 8.68. The Morgan fingerprint density at radius 3 is 2.71 bits per heavy atom. The van der Waals surface area contributed by atoms with Crippen molar-refractivity contribution in [3.8, 4) is 6.01 Å². The number of nitrogens with zero attached hydrogens (tertiary/aromatic N) is 3. The third kappa shape index (κ3) is 2.25. The molecule has 0 spiro atoms. The van der Waals surface area contributed by atoms with Gasteiger partial charge in [0.05, 0.1) is 12.8 Å². The number of hydrogen-bond acceptors (Lipinski definition) is 6. The van der Waals surface area contributed by atoms with Gasteiger partial charge in [0, 0.05) is 6.92 Å². The molecule has 17 heavy (non-hydrogen) atoms. The molecule has 8 heteroatoms. The maximum atomic E-state index is 11.8. The Morgan fingerprint density at radius 2 is 2.18 bits per heavy atom. The standard InChI is InChI=1S/C9H11N5O3/c1-4-6(17-5(2)10-4)7(15)11-8-12-9(16-3)14-13-8/h1-3H3,(H2,11,12,13,14,15). The third-order valence-electron chi connectivity index (χ3n) is 1.99. The van der Waals surface area contributed by atoms with Gasteiger partial charge in [0.25, 0.3) is 5.91 Å². The first-order valence-electron chi connectivity index (χ1n) is 4.82. The molecule has 0 atom stereocenters. The van der Waals surface area contributed by atoms with E-state index in [1.807, 2.05) is 0 Å². The maximum Gasteiger partial charge on any atom is 0.336 e. The van der Waals surface area contributed by atoms with E-state index in [2.05, 4.69) is 25.5 Å². The highest BCUT2D eigenvalue weighted by Gasteiger charge is 2.17. The topological polar surface area (TPSA) is 106 Å². The van der Waals surface area contributed by atoms with Gasteiger partial charge in [-0.3, -0.25) is 10.1 Å². The zero-order valence-corrected chi connectivity index (χ0v) is 9.57. The number of carbonyl (C=O) groups is 1. The second-order valence-electron chi connectivity index (χ2n) is 3.27. The Bertz CT molecular complexity index is 545. The van der Waals surface area contributed by atoms with Gasteiger partial charge in [0.15, 0.2) is 5.89 Å². The number of hydrogen-bond donors (Lipinski definition) is 2. The van der Waals surface area contributed by atoms with Crippen LogP contribution >= 0.6 is 0 Å². The molecule has 0 saturated carbocycles. The summed E-state index contributed by atoms with van der Waals surface area (Å²) in [4.78, 5) is 19.6. The number of rotatable bonds is 3. The van der Waals surface area contributed by atoms with Crippen molar-refractivity contribution in [1.29, 1.82) is 0 Å². The van der Waals surface area contributed by atoms with Crippen LogP contribution in [-0.2, 0) is 0 Å². The Balaban J connectivity index is 2.14. The van der Waals surface area contributed by atoms with Gasteiger partial charge in [0.2, 0.25) is 11.7 Å². The average Bonchev–Trinajstić information content (AvgIpc) is 2.85. The Morgan fingerprint density at radius 1 is 1.41 bits per heavy atom. The van der Waals surface area contributed by atoms with E-state index in [4.69, 9.17) is 9.15 Å². The van der Waals surface area contributed by atoms with Crippen molar-refractivity contribution in [2.45, 2.75) is 13.8 Å². The predicted octanol–water partition coefficient (Wildman–Crippen LogP) is 0.670. The maximum absolute atomic E-state index is 11.8. The van der Waals surface area contributed by atoms with Crippen molar-refractivity contribution in [2.75, 3.05) is 12.4 Å². The molecular weight excluding hydrogens is 226 g/mol. The molecule has 2 N–H and O–H groups in total. The zero-order valence-electron chi connectivity index (χ0n) is 9.57. The molecule has 0 radical (unpaired) electrons. The van der Waals surface area contributed by atoms with Gasteiger partial charge >= 0.3 is 6.01 Å². The van der Waals surface area contributed by atoms with Crippen molar-refractivity contribution in [2.24, 2.45) is 0 Å². The Kier molecular flexibility index (Phi) is 2.77. The first-order chi connectivity index (χ1) is 8.10. The molecule has 2 heterocycles. The summed E-state index contributed by atoms with van der Waals surface area (Å²) in [5.41, 5.74) is 0.520. The molecule has 2 rings (SSSR count). The molecule has 2 aromatic heterocycles. The number of aromatic amines is 1. The molecule has 0 aliphatic carbocycles. The monoisotopic (exact) mass is 237 g/mol. The number of ether oxygens (including phenoxy) is 1. The van der Waals surface area contributed by atoms with Crippen molar-refractivity contribution in [1.82, 2.24) is 20.2 Å². The lowest BCUT2D eigenvalue weighted by Crippen LogP contribution is -2.13. The summed E-state index contributed by atoms with van der Waals surface area (Å²) in [5.74, 6) is 0.322. The highest BCUT2D eigenvalue weighted by Crippen LogP contribution is 2.12. The van der Waals surface area contributed by atoms with Crippen LogP contribution in [0.4, 0.5) is 5.95 Å². The highest BCUT2D eigenvalue weighted by molar-refractivity contribution is 6.01. The fourth-order valence-electron chi connectivity index (χ4n) is 1.30. The van der Waals surface area contributed by atoms with Crippen LogP contribution in [0.15, 0.2) is 4.42 Å². The molecule has 0 fully saturated rings. The molecule has 0 aliphatic heterocycles. The average molecular weight is 237 g/mol. The van der Waals surface area contributed by atoms with Gasteiger partial charge in [-0.25, -0.2) is 10.1 Å². The molecular formula is C9H11N5O3. The summed E-state index contributed by atoms with van der Waals surface area (Å²) in [6.45, 7) is 3.35. The molecule has 90 valence electrons. The fourth-order valence-corrected chi connectivity index (χ4v) is 1.30. The summed E-state index contributed by atoms with van der Waals surface area (Å²) in [6.07, 6.45) is 0. The van der Waals surface area contributed by atoms with Crippen LogP contribution < -0.4 is 10.1 Å². The number of amides is 1. The number of methoxy groups -OCH3 is 1. The van der Waals surface area contributed by atoms with Gasteiger partial charge in [-0.15, -0.1) is 5.10 Å². The molecule has 8 nitrogen and oxygen atoms in total. The Labute approximate surface area is 96.4 Å². The minimum Gasteiger partial charge on any atom is -0.466 e. The molecule has 2 aromatic rings. The van der Waals surface area contributed by atoms with Crippen LogP contribution in [0.1, 0.15) is 22.1 Å². The first-order valence-corrected chi connectivity index (χ1v) is 4.82. The Hall–Kier alpha value is -2.38. The summed E-state index contributed by atoms with van der Waals surface area (Å²) in [6, 6.07) is 0.144. The van der Waals surface area contributed by atoms with Crippen LogP contribution in [0, 0.1) is 13.8 Å². The number of aromatic nitrogens is 4. The van der Waals surface area contributed by atoms with Crippen LogP contribution in [0.2, 0.25) is 0 Å². The van der Waals surface area contributed by atoms with Crippen LogP contribution in [0.3, 0.4) is 0 Å². The minimum absolute atomic E-state index is 0.144. The quantitative estimate of drug-likeness (QED) is 0.812. The predicted molar refractivity (Wildman–Crippen MR) is 56.9 cm³/mol. The zero-order chi connectivity index (χ0) is 12.4. The van der Waals surface area contributed by atoms with Gasteiger partial charge in [0.1, 0.15) is 0 Å². The lowest BCUT2D eigenvalue weighted by atomic mass is 10.3. The SMILES string of the molecule is COc1n[nH]c(NC(=O)c2oc(C)nc2C)n1. The number of H-pyrrole nitrogens is 1. The van der Waals surface area contributed by atoms with E-state index < -0.39 is 5.91 Å². The molecule has 0 aromatic carbocycles. The second kappa shape index (κ2) is 4.24. The van der Waals surface area contributed by atoms with E-state index >= 15 is 0 Å². The minimum atomic E-state index is -0.443. The fraction of sp³-hybridized carbons (Fsp3) is 0.333. The van der Waals surface area contributed by atoms with Gasteiger partial charge in [-0.2, -0.15) is 4.98 Å². The van der Waals surface area contributed by atoms with Crippen molar-refractivity contribution in [3.05, 3.63) is 17.3 Å². The number of nitrogens with one attached hydrogen (secondary N) is 2. The van der Waals surface area contributed by atoms with E-state index in [0.29, 0.717) is 11.6 Å². The van der Waals surface area contributed by atoms with Crippen molar-refractivity contribution < 1.29 is 13.9 Å². The number of aryl methyl sites for hydroxylation is 2. The van der Waals surface area contributed by atoms with Crippen molar-refractivity contribution in [3.63, 3.8) is 0 Å². The molecule has 0 aliphatic rings. The largest absolute Gasteiger partial charge is 0.466 e. The summed E-state index contributed by atoms with van der Waals surface area (Å²) < 4.78 is 9.93. The van der Waals surface area contributed by atoms with Crippen LogP contribution in [0.25, 0.3) is 0 Å². The number of carbonyl (C=O) groups excluding carboxylic acids is 1. The number of anilines is 1. The van der Waals surface area contributed by atoms with E-state index in [1.165, 1.54) is 7.11 Å². The lowest BCUT2D eigenvalue weighted by molar-refractivity contribution is 0.0993. The molecule has 0 bridgehead atoms. The van der Waals surface area contributed by atoms with E-state index in [-0.39, 0.29) is 17.7 Å². The third-order valence-corrected chi connectivity index (χ3v) is 1.99. The van der Waals surface area contributed by atoms with Gasteiger partial charge < -0.3 is 9.15 Å². The van der Waals surface area contributed by atoms with Crippen LogP contribution in [0.5, 0.6) is 6.01 Å². The summed E-state index contributed by atoms with van der Waals surface area (Å²) in [7, 11) is 1.43. The molecule has 0 saturated heterocycles. The van der Waals surface area contributed by atoms with Crippen molar-refractivity contribution >= 4 is 11.9 Å². The van der Waals surface area contributed by atoms with Crippen LogP contribution in [-0.4, -0.2) is 33.2 Å². The van der Waals surface area contributed by atoms with E-state index in [1.54, 1.807) is 13.8 Å².